The van der Waals surface area contributed by atoms with Gasteiger partial charge in [-0.2, -0.15) is 0 Å². The first-order valence-corrected chi connectivity index (χ1v) is 7.39. The molecule has 0 radical (unpaired) electrons. The Morgan fingerprint density at radius 2 is 2.16 bits per heavy atom. The van der Waals surface area contributed by atoms with Crippen LogP contribution >= 0.6 is 0 Å². The summed E-state index contributed by atoms with van der Waals surface area (Å²) < 4.78 is 0. The van der Waals surface area contributed by atoms with E-state index in [1.54, 1.807) is 4.90 Å². The number of rotatable bonds is 3. The Labute approximate surface area is 115 Å². The van der Waals surface area contributed by atoms with Crippen LogP contribution in [0.2, 0.25) is 0 Å². The summed E-state index contributed by atoms with van der Waals surface area (Å²) in [5.41, 5.74) is 5.78. The highest BCUT2D eigenvalue weighted by Crippen LogP contribution is 2.22. The summed E-state index contributed by atoms with van der Waals surface area (Å²) in [6.45, 7) is 4.47. The van der Waals surface area contributed by atoms with Crippen LogP contribution in [0, 0.1) is 5.92 Å². The molecule has 2 atom stereocenters. The maximum atomic E-state index is 12.4. The average Bonchev–Trinajstić information content (AvgIpc) is 2.41. The molecular weight excluding hydrogens is 242 g/mol. The van der Waals surface area contributed by atoms with Crippen LogP contribution in [0.5, 0.6) is 0 Å². The van der Waals surface area contributed by atoms with E-state index in [-0.39, 0.29) is 24.4 Å². The molecule has 2 fully saturated rings. The average molecular weight is 267 g/mol. The Morgan fingerprint density at radius 1 is 1.37 bits per heavy atom. The van der Waals surface area contributed by atoms with Crippen LogP contribution in [0.1, 0.15) is 39.0 Å². The van der Waals surface area contributed by atoms with Crippen LogP contribution < -0.4 is 5.73 Å². The minimum Gasteiger partial charge on any atom is -0.337 e. The van der Waals surface area contributed by atoms with Crippen molar-refractivity contribution in [3.63, 3.8) is 0 Å². The van der Waals surface area contributed by atoms with Crippen molar-refractivity contribution in [2.75, 3.05) is 26.2 Å². The fourth-order valence-electron chi connectivity index (χ4n) is 3.09. The van der Waals surface area contributed by atoms with Gasteiger partial charge in [-0.05, 0) is 31.6 Å². The summed E-state index contributed by atoms with van der Waals surface area (Å²) in [5, 5.41) is 0. The second kappa shape index (κ2) is 6.37. The van der Waals surface area contributed by atoms with Gasteiger partial charge in [-0.1, -0.05) is 6.92 Å². The van der Waals surface area contributed by atoms with E-state index in [1.807, 2.05) is 4.90 Å². The molecule has 0 aromatic carbocycles. The highest BCUT2D eigenvalue weighted by atomic mass is 16.2. The number of hydrogen-bond acceptors (Lipinski definition) is 3. The van der Waals surface area contributed by atoms with E-state index in [0.717, 1.165) is 38.8 Å². The Kier molecular flexibility index (Phi) is 4.80. The molecule has 19 heavy (non-hydrogen) atoms. The smallest absolute Gasteiger partial charge is 0.242 e. The SMILES string of the molecule is CC1CCN(C(=O)CN2CCCCC2=O)C(CN)C1. The van der Waals surface area contributed by atoms with Crippen molar-refractivity contribution in [1.29, 1.82) is 0 Å². The molecular formula is C14H25N3O2. The Hall–Kier alpha value is -1.10. The lowest BCUT2D eigenvalue weighted by atomic mass is 9.92. The van der Waals surface area contributed by atoms with E-state index in [1.165, 1.54) is 0 Å². The summed E-state index contributed by atoms with van der Waals surface area (Å²) in [7, 11) is 0. The third kappa shape index (κ3) is 3.47. The molecule has 2 aliphatic rings. The van der Waals surface area contributed by atoms with Crippen molar-refractivity contribution < 1.29 is 9.59 Å². The van der Waals surface area contributed by atoms with Crippen LogP contribution in [-0.2, 0) is 9.59 Å². The highest BCUT2D eigenvalue weighted by molar-refractivity contribution is 5.85. The van der Waals surface area contributed by atoms with E-state index >= 15 is 0 Å². The highest BCUT2D eigenvalue weighted by Gasteiger charge is 2.30. The molecule has 0 bridgehead atoms. The predicted molar refractivity (Wildman–Crippen MR) is 73.4 cm³/mol. The van der Waals surface area contributed by atoms with Crippen molar-refractivity contribution in [2.24, 2.45) is 11.7 Å². The summed E-state index contributed by atoms with van der Waals surface area (Å²) in [6, 6.07) is 0.149. The van der Waals surface area contributed by atoms with E-state index in [0.29, 0.717) is 18.9 Å². The molecule has 5 heteroatoms. The number of carbonyl (C=O) groups is 2. The first-order valence-electron chi connectivity index (χ1n) is 7.39. The standard InChI is InChI=1S/C14H25N3O2/c1-11-5-7-17(12(8-11)9-15)14(19)10-16-6-3-2-4-13(16)18/h11-12H,2-10,15H2,1H3. The van der Waals surface area contributed by atoms with Crippen LogP contribution in [0.25, 0.3) is 0 Å². The molecule has 2 aliphatic heterocycles. The molecule has 2 saturated heterocycles. The van der Waals surface area contributed by atoms with E-state index in [2.05, 4.69) is 6.92 Å². The monoisotopic (exact) mass is 267 g/mol. The van der Waals surface area contributed by atoms with Crippen LogP contribution in [0.3, 0.4) is 0 Å². The van der Waals surface area contributed by atoms with Crippen molar-refractivity contribution >= 4 is 11.8 Å². The Balaban J connectivity index is 1.92. The minimum absolute atomic E-state index is 0.0672. The summed E-state index contributed by atoms with van der Waals surface area (Å²) >= 11 is 0. The fraction of sp³-hybridized carbons (Fsp3) is 0.857. The lowest BCUT2D eigenvalue weighted by molar-refractivity contribution is -0.144. The molecule has 5 nitrogen and oxygen atoms in total. The van der Waals surface area contributed by atoms with Gasteiger partial charge in [0.2, 0.25) is 11.8 Å². The van der Waals surface area contributed by atoms with Gasteiger partial charge in [-0.15, -0.1) is 0 Å². The molecule has 0 aromatic rings. The van der Waals surface area contributed by atoms with Gasteiger partial charge >= 0.3 is 0 Å². The van der Waals surface area contributed by atoms with Gasteiger partial charge in [0.15, 0.2) is 0 Å². The first kappa shape index (κ1) is 14.3. The molecule has 0 spiro atoms. The summed E-state index contributed by atoms with van der Waals surface area (Å²) in [5.74, 6) is 0.820. The number of hydrogen-bond donors (Lipinski definition) is 1. The number of likely N-dealkylation sites (tertiary alicyclic amines) is 2. The number of nitrogens with zero attached hydrogens (tertiary/aromatic N) is 2. The minimum atomic E-state index is 0.0672. The van der Waals surface area contributed by atoms with Crippen molar-refractivity contribution in [3.05, 3.63) is 0 Å². The number of amides is 2. The third-order valence-electron chi connectivity index (χ3n) is 4.32. The van der Waals surface area contributed by atoms with Gasteiger partial charge in [0.1, 0.15) is 0 Å². The second-order valence-corrected chi connectivity index (χ2v) is 5.88. The molecule has 2 rings (SSSR count). The van der Waals surface area contributed by atoms with Gasteiger partial charge in [-0.3, -0.25) is 9.59 Å². The largest absolute Gasteiger partial charge is 0.337 e. The molecule has 2 heterocycles. The van der Waals surface area contributed by atoms with Gasteiger partial charge < -0.3 is 15.5 Å². The van der Waals surface area contributed by atoms with Crippen LogP contribution in [-0.4, -0.2) is 53.8 Å². The van der Waals surface area contributed by atoms with Crippen molar-refractivity contribution in [3.8, 4) is 0 Å². The maximum absolute atomic E-state index is 12.4. The van der Waals surface area contributed by atoms with Gasteiger partial charge in [0.25, 0.3) is 0 Å². The van der Waals surface area contributed by atoms with E-state index < -0.39 is 0 Å². The lowest BCUT2D eigenvalue weighted by Gasteiger charge is -2.39. The molecule has 2 amide bonds. The lowest BCUT2D eigenvalue weighted by Crippen LogP contribution is -2.53. The van der Waals surface area contributed by atoms with Crippen LogP contribution in [0.15, 0.2) is 0 Å². The van der Waals surface area contributed by atoms with E-state index in [4.69, 9.17) is 5.73 Å². The van der Waals surface area contributed by atoms with Gasteiger partial charge in [-0.25, -0.2) is 0 Å². The zero-order valence-electron chi connectivity index (χ0n) is 11.8. The number of carbonyl (C=O) groups excluding carboxylic acids is 2. The predicted octanol–water partition coefficient (Wildman–Crippen LogP) is 0.585. The second-order valence-electron chi connectivity index (χ2n) is 5.88. The normalized spacial score (nSPS) is 28.6. The molecule has 2 N–H and O–H groups in total. The first-order chi connectivity index (χ1) is 9.11. The summed E-state index contributed by atoms with van der Waals surface area (Å²) in [4.78, 5) is 27.7. The molecule has 0 saturated carbocycles. The molecule has 0 aliphatic carbocycles. The molecule has 0 aromatic heterocycles. The maximum Gasteiger partial charge on any atom is 0.242 e. The van der Waals surface area contributed by atoms with E-state index in [9.17, 15) is 9.59 Å². The van der Waals surface area contributed by atoms with Crippen LogP contribution in [0.4, 0.5) is 0 Å². The number of nitrogens with two attached hydrogens (primary N) is 1. The molecule has 108 valence electrons. The zero-order valence-corrected chi connectivity index (χ0v) is 11.8. The van der Waals surface area contributed by atoms with Crippen molar-refractivity contribution in [2.45, 2.75) is 45.1 Å². The Bertz CT molecular complexity index is 346. The Morgan fingerprint density at radius 3 is 2.84 bits per heavy atom. The molecule has 2 unspecified atom stereocenters. The third-order valence-corrected chi connectivity index (χ3v) is 4.32. The zero-order chi connectivity index (χ0) is 13.8. The summed E-state index contributed by atoms with van der Waals surface area (Å²) in [6.07, 6.45) is 4.57. The van der Waals surface area contributed by atoms with Gasteiger partial charge in [0.05, 0.1) is 6.54 Å². The van der Waals surface area contributed by atoms with Crippen molar-refractivity contribution in [1.82, 2.24) is 9.80 Å². The number of piperidine rings is 2. The van der Waals surface area contributed by atoms with Gasteiger partial charge in [0, 0.05) is 32.1 Å². The quantitative estimate of drug-likeness (QED) is 0.813. The topological polar surface area (TPSA) is 66.6 Å². The fourth-order valence-corrected chi connectivity index (χ4v) is 3.09.